The van der Waals surface area contributed by atoms with Crippen molar-refractivity contribution in [1.29, 1.82) is 0 Å². The van der Waals surface area contributed by atoms with E-state index in [4.69, 9.17) is 0 Å². The van der Waals surface area contributed by atoms with Crippen LogP contribution in [0.15, 0.2) is 0 Å². The first kappa shape index (κ1) is 16.4. The van der Waals surface area contributed by atoms with E-state index in [2.05, 4.69) is 52.8 Å². The summed E-state index contributed by atoms with van der Waals surface area (Å²) in [4.78, 5) is 2.49. The summed E-state index contributed by atoms with van der Waals surface area (Å²) in [6.45, 7) is 11.1. The van der Waals surface area contributed by atoms with Gasteiger partial charge in [-0.05, 0) is 48.7 Å². The van der Waals surface area contributed by atoms with E-state index in [1.54, 1.807) is 0 Å². The molecule has 1 fully saturated rings. The van der Waals surface area contributed by atoms with Crippen LogP contribution in [0.4, 0.5) is 0 Å². The lowest BCUT2D eigenvalue weighted by molar-refractivity contribution is 0.171. The van der Waals surface area contributed by atoms with Gasteiger partial charge in [0.05, 0.1) is 12.1 Å². The van der Waals surface area contributed by atoms with Crippen LogP contribution in [-0.2, 0) is 0 Å². The number of aromatic nitrogens is 4. The normalized spacial score (nSPS) is 18.6. The molecule has 0 aliphatic heterocycles. The van der Waals surface area contributed by atoms with Crippen molar-refractivity contribution in [2.45, 2.75) is 78.3 Å². The fourth-order valence-electron chi connectivity index (χ4n) is 3.53. The summed E-state index contributed by atoms with van der Waals surface area (Å²) in [6.07, 6.45) is 7.55. The second kappa shape index (κ2) is 7.87. The number of tetrazole rings is 1. The predicted molar refractivity (Wildman–Crippen MR) is 85.1 cm³/mol. The zero-order valence-corrected chi connectivity index (χ0v) is 14.1. The molecule has 1 aromatic heterocycles. The van der Waals surface area contributed by atoms with Crippen LogP contribution in [0.5, 0.6) is 0 Å². The van der Waals surface area contributed by atoms with Crippen LogP contribution in [0.3, 0.4) is 0 Å². The van der Waals surface area contributed by atoms with Crippen LogP contribution in [0.25, 0.3) is 0 Å². The van der Waals surface area contributed by atoms with Gasteiger partial charge >= 0.3 is 0 Å². The van der Waals surface area contributed by atoms with E-state index in [1.807, 2.05) is 0 Å². The van der Waals surface area contributed by atoms with Gasteiger partial charge in [0.15, 0.2) is 5.82 Å². The Hall–Kier alpha value is -0.970. The highest BCUT2D eigenvalue weighted by molar-refractivity contribution is 4.96. The van der Waals surface area contributed by atoms with E-state index >= 15 is 0 Å². The largest absolute Gasteiger partial charge is 0.294 e. The van der Waals surface area contributed by atoms with Crippen molar-refractivity contribution < 1.29 is 0 Å². The van der Waals surface area contributed by atoms with Gasteiger partial charge in [0.2, 0.25) is 0 Å². The molecule has 0 saturated heterocycles. The van der Waals surface area contributed by atoms with Gasteiger partial charge in [-0.2, -0.15) is 0 Å². The fraction of sp³-hybridized carbons (Fsp3) is 0.938. The predicted octanol–water partition coefficient (Wildman–Crippen LogP) is 3.61. The minimum atomic E-state index is 0.344. The summed E-state index contributed by atoms with van der Waals surface area (Å²) in [7, 11) is 0. The second-order valence-corrected chi connectivity index (χ2v) is 6.64. The van der Waals surface area contributed by atoms with E-state index < -0.39 is 0 Å². The molecule has 0 amide bonds. The molecule has 120 valence electrons. The lowest BCUT2D eigenvalue weighted by atomic mass is 9.95. The maximum atomic E-state index is 4.42. The molecule has 5 heteroatoms. The SMILES string of the molecule is CCN(CC)[C@@H](CC(C)C)c1nnnn1C1CCCCC1. The number of hydrogen-bond donors (Lipinski definition) is 0. The quantitative estimate of drug-likeness (QED) is 0.770. The molecule has 0 N–H and O–H groups in total. The lowest BCUT2D eigenvalue weighted by Crippen LogP contribution is -2.32. The van der Waals surface area contributed by atoms with Crippen molar-refractivity contribution in [2.75, 3.05) is 13.1 Å². The highest BCUT2D eigenvalue weighted by Crippen LogP contribution is 2.32. The first-order valence-electron chi connectivity index (χ1n) is 8.69. The molecule has 1 atom stereocenters. The summed E-state index contributed by atoms with van der Waals surface area (Å²) in [6, 6.07) is 0.853. The van der Waals surface area contributed by atoms with Gasteiger partial charge in [0.1, 0.15) is 0 Å². The van der Waals surface area contributed by atoms with Gasteiger partial charge in [-0.25, -0.2) is 4.68 Å². The average molecular weight is 293 g/mol. The molecule has 2 rings (SSSR count). The van der Waals surface area contributed by atoms with E-state index in [-0.39, 0.29) is 0 Å². The van der Waals surface area contributed by atoms with Crippen molar-refractivity contribution in [3.63, 3.8) is 0 Å². The summed E-state index contributed by atoms with van der Waals surface area (Å²) in [5.74, 6) is 1.73. The Balaban J connectivity index is 2.24. The molecule has 1 saturated carbocycles. The zero-order valence-electron chi connectivity index (χ0n) is 14.1. The Morgan fingerprint density at radius 1 is 1.14 bits per heavy atom. The van der Waals surface area contributed by atoms with Crippen LogP contribution in [0.2, 0.25) is 0 Å². The summed E-state index contributed by atoms with van der Waals surface area (Å²) in [5.41, 5.74) is 0. The molecule has 21 heavy (non-hydrogen) atoms. The first-order chi connectivity index (χ1) is 10.2. The van der Waals surface area contributed by atoms with Crippen LogP contribution in [0.1, 0.15) is 84.1 Å². The molecule has 1 aromatic rings. The van der Waals surface area contributed by atoms with Crippen LogP contribution < -0.4 is 0 Å². The van der Waals surface area contributed by atoms with Gasteiger partial charge < -0.3 is 0 Å². The van der Waals surface area contributed by atoms with E-state index in [9.17, 15) is 0 Å². The molecule has 0 aromatic carbocycles. The molecule has 1 aliphatic carbocycles. The van der Waals surface area contributed by atoms with Gasteiger partial charge in [-0.1, -0.05) is 47.0 Å². The minimum absolute atomic E-state index is 0.344. The van der Waals surface area contributed by atoms with Crippen molar-refractivity contribution >= 4 is 0 Å². The summed E-state index contributed by atoms with van der Waals surface area (Å²) >= 11 is 0. The van der Waals surface area contributed by atoms with Crippen LogP contribution in [-0.4, -0.2) is 38.2 Å². The Morgan fingerprint density at radius 2 is 1.81 bits per heavy atom. The second-order valence-electron chi connectivity index (χ2n) is 6.64. The highest BCUT2D eigenvalue weighted by atomic mass is 15.6. The number of rotatable bonds is 7. The van der Waals surface area contributed by atoms with E-state index in [1.165, 1.54) is 32.1 Å². The standard InChI is InChI=1S/C16H31N5/c1-5-20(6-2)15(12-13(3)4)16-17-18-19-21(16)14-10-8-7-9-11-14/h13-15H,5-12H2,1-4H3/t15-/m0/s1. The van der Waals surface area contributed by atoms with Crippen molar-refractivity contribution in [2.24, 2.45) is 5.92 Å². The van der Waals surface area contributed by atoms with Crippen molar-refractivity contribution in [3.8, 4) is 0 Å². The Morgan fingerprint density at radius 3 is 2.38 bits per heavy atom. The average Bonchev–Trinajstić information content (AvgIpc) is 2.97. The smallest absolute Gasteiger partial charge is 0.168 e. The van der Waals surface area contributed by atoms with Gasteiger partial charge in [-0.3, -0.25) is 4.90 Å². The van der Waals surface area contributed by atoms with Crippen molar-refractivity contribution in [1.82, 2.24) is 25.1 Å². The minimum Gasteiger partial charge on any atom is -0.294 e. The third kappa shape index (κ3) is 4.02. The maximum Gasteiger partial charge on any atom is 0.168 e. The fourth-order valence-corrected chi connectivity index (χ4v) is 3.53. The van der Waals surface area contributed by atoms with Gasteiger partial charge in [0, 0.05) is 0 Å². The molecule has 0 radical (unpaired) electrons. The van der Waals surface area contributed by atoms with Crippen molar-refractivity contribution in [3.05, 3.63) is 5.82 Å². The van der Waals surface area contributed by atoms with Gasteiger partial charge in [-0.15, -0.1) is 5.10 Å². The highest BCUT2D eigenvalue weighted by Gasteiger charge is 2.28. The Kier molecular flexibility index (Phi) is 6.15. The van der Waals surface area contributed by atoms with Crippen LogP contribution >= 0.6 is 0 Å². The zero-order chi connectivity index (χ0) is 15.2. The first-order valence-corrected chi connectivity index (χ1v) is 8.69. The summed E-state index contributed by atoms with van der Waals surface area (Å²) in [5, 5.41) is 12.8. The molecule has 5 nitrogen and oxygen atoms in total. The molecule has 1 heterocycles. The van der Waals surface area contributed by atoms with E-state index in [0.29, 0.717) is 18.0 Å². The number of nitrogens with zero attached hydrogens (tertiary/aromatic N) is 5. The molecule has 0 spiro atoms. The Bertz CT molecular complexity index is 405. The third-order valence-electron chi connectivity index (χ3n) is 4.68. The van der Waals surface area contributed by atoms with E-state index in [0.717, 1.165) is 25.3 Å². The molecular weight excluding hydrogens is 262 g/mol. The van der Waals surface area contributed by atoms with Crippen LogP contribution in [0, 0.1) is 5.92 Å². The topological polar surface area (TPSA) is 46.8 Å². The molecule has 0 bridgehead atoms. The summed E-state index contributed by atoms with van der Waals surface area (Å²) < 4.78 is 2.14. The maximum absolute atomic E-state index is 4.42. The monoisotopic (exact) mass is 293 g/mol. The van der Waals surface area contributed by atoms with Gasteiger partial charge in [0.25, 0.3) is 0 Å². The Labute approximate surface area is 129 Å². The molecule has 0 unspecified atom stereocenters. The lowest BCUT2D eigenvalue weighted by Gasteiger charge is -2.32. The number of hydrogen-bond acceptors (Lipinski definition) is 4. The molecular formula is C16H31N5. The molecule has 1 aliphatic rings. The third-order valence-corrected chi connectivity index (χ3v) is 4.68.